The van der Waals surface area contributed by atoms with E-state index in [-0.39, 0.29) is 11.3 Å². The van der Waals surface area contributed by atoms with E-state index in [1.807, 2.05) is 0 Å². The summed E-state index contributed by atoms with van der Waals surface area (Å²) in [4.78, 5) is 35.1. The molecule has 0 aliphatic carbocycles. The predicted octanol–water partition coefficient (Wildman–Crippen LogP) is 2.32. The van der Waals surface area contributed by atoms with Gasteiger partial charge in [-0.3, -0.25) is 19.7 Å². The van der Waals surface area contributed by atoms with Crippen LogP contribution < -0.4 is 16.4 Å². The molecule has 3 rings (SSSR count). The molecule has 0 unspecified atom stereocenters. The number of anilines is 1. The van der Waals surface area contributed by atoms with Crippen LogP contribution in [0.5, 0.6) is 0 Å². The summed E-state index contributed by atoms with van der Waals surface area (Å²) in [7, 11) is 0. The van der Waals surface area contributed by atoms with Gasteiger partial charge in [0.25, 0.3) is 11.8 Å². The molecule has 4 N–H and O–H groups in total. The Morgan fingerprint density at radius 3 is 2.27 bits per heavy atom. The highest BCUT2D eigenvalue weighted by atomic mass is 35.5. The molecule has 0 spiro atoms. The lowest BCUT2D eigenvalue weighted by Gasteiger charge is -2.08. The van der Waals surface area contributed by atoms with E-state index in [1.165, 1.54) is 6.08 Å². The molecule has 0 fully saturated rings. The van der Waals surface area contributed by atoms with Crippen LogP contribution in [0.25, 0.3) is 11.6 Å². The van der Waals surface area contributed by atoms with Crippen molar-refractivity contribution in [2.24, 2.45) is 5.73 Å². The van der Waals surface area contributed by atoms with E-state index >= 15 is 0 Å². The number of halogens is 1. The van der Waals surface area contributed by atoms with E-state index in [9.17, 15) is 14.4 Å². The fraction of sp³-hybridized carbons (Fsp3) is 0. The number of hydrogen-bond acceptors (Lipinski definition) is 4. The fourth-order valence-electron chi connectivity index (χ4n) is 2.47. The van der Waals surface area contributed by atoms with Crippen molar-refractivity contribution in [1.82, 2.24) is 5.32 Å². The normalized spacial score (nSPS) is 14.0. The number of carbonyl (C=O) groups is 3. The predicted molar refractivity (Wildman–Crippen MR) is 99.8 cm³/mol. The minimum atomic E-state index is -0.536. The van der Waals surface area contributed by atoms with Crippen molar-refractivity contribution in [1.29, 1.82) is 0 Å². The number of primary amides is 1. The lowest BCUT2D eigenvalue weighted by molar-refractivity contribution is -0.123. The number of hydrogen-bond donors (Lipinski definition) is 3. The summed E-state index contributed by atoms with van der Waals surface area (Å²) in [6, 6.07) is 13.6. The van der Waals surface area contributed by atoms with Crippen LogP contribution in [-0.4, -0.2) is 17.7 Å². The van der Waals surface area contributed by atoms with Crippen LogP contribution in [0.15, 0.2) is 60.3 Å². The molecule has 3 amide bonds. The van der Waals surface area contributed by atoms with Gasteiger partial charge in [-0.05, 0) is 41.5 Å². The minimum Gasteiger partial charge on any atom is -0.366 e. The molecule has 1 aliphatic heterocycles. The zero-order valence-corrected chi connectivity index (χ0v) is 14.2. The molecule has 0 radical (unpaired) electrons. The molecule has 0 saturated heterocycles. The van der Waals surface area contributed by atoms with E-state index in [0.29, 0.717) is 16.3 Å². The summed E-state index contributed by atoms with van der Waals surface area (Å²) in [6.45, 7) is 0. The molecule has 0 bridgehead atoms. The van der Waals surface area contributed by atoms with Crippen molar-refractivity contribution in [3.05, 3.63) is 76.5 Å². The average Bonchev–Trinajstić information content (AvgIpc) is 2.88. The summed E-state index contributed by atoms with van der Waals surface area (Å²) in [5.41, 5.74) is 7.45. The topological polar surface area (TPSA) is 101 Å². The Morgan fingerprint density at radius 1 is 1.00 bits per heavy atom. The van der Waals surface area contributed by atoms with Gasteiger partial charge in [-0.1, -0.05) is 35.9 Å². The van der Waals surface area contributed by atoms with Crippen molar-refractivity contribution in [3.63, 3.8) is 0 Å². The second-order valence-corrected chi connectivity index (χ2v) is 5.96. The third kappa shape index (κ3) is 3.81. The van der Waals surface area contributed by atoms with Crippen LogP contribution >= 0.6 is 11.6 Å². The highest BCUT2D eigenvalue weighted by molar-refractivity contribution is 6.37. The van der Waals surface area contributed by atoms with Crippen molar-refractivity contribution >= 4 is 46.7 Å². The molecule has 0 aromatic heterocycles. The number of imide groups is 1. The Bertz CT molecular complexity index is 945. The van der Waals surface area contributed by atoms with Crippen molar-refractivity contribution in [2.45, 2.75) is 0 Å². The summed E-state index contributed by atoms with van der Waals surface area (Å²) >= 11 is 5.88. The monoisotopic (exact) mass is 367 g/mol. The largest absolute Gasteiger partial charge is 0.366 e. The molecule has 2 aromatic rings. The molecule has 130 valence electrons. The van der Waals surface area contributed by atoms with Gasteiger partial charge in [0.15, 0.2) is 0 Å². The van der Waals surface area contributed by atoms with Gasteiger partial charge < -0.3 is 11.1 Å². The van der Waals surface area contributed by atoms with Crippen LogP contribution in [0.4, 0.5) is 5.69 Å². The average molecular weight is 368 g/mol. The van der Waals surface area contributed by atoms with Crippen LogP contribution in [0, 0.1) is 0 Å². The Labute approximate surface area is 154 Å². The van der Waals surface area contributed by atoms with Gasteiger partial charge in [-0.15, -0.1) is 0 Å². The van der Waals surface area contributed by atoms with Gasteiger partial charge in [0.05, 0.1) is 5.57 Å². The highest BCUT2D eigenvalue weighted by Gasteiger charge is 2.31. The Balaban J connectivity index is 1.90. The zero-order valence-electron chi connectivity index (χ0n) is 13.5. The lowest BCUT2D eigenvalue weighted by atomic mass is 10.0. The van der Waals surface area contributed by atoms with Gasteiger partial charge >= 0.3 is 0 Å². The van der Waals surface area contributed by atoms with Crippen LogP contribution in [0.1, 0.15) is 11.1 Å². The first kappa shape index (κ1) is 17.4. The molecule has 7 heteroatoms. The van der Waals surface area contributed by atoms with Gasteiger partial charge in [-0.2, -0.15) is 0 Å². The van der Waals surface area contributed by atoms with Crippen LogP contribution in [0.2, 0.25) is 5.02 Å². The van der Waals surface area contributed by atoms with Crippen molar-refractivity contribution < 1.29 is 14.4 Å². The van der Waals surface area contributed by atoms with Gasteiger partial charge in [0.2, 0.25) is 5.91 Å². The molecule has 1 aliphatic rings. The van der Waals surface area contributed by atoms with Gasteiger partial charge in [-0.25, -0.2) is 0 Å². The van der Waals surface area contributed by atoms with E-state index in [2.05, 4.69) is 10.6 Å². The number of benzene rings is 2. The standard InChI is InChI=1S/C19H14ClN3O3/c20-13-6-4-12(5-7-13)16-17(19(26)23-18(16)25)22-14-8-1-11(2-9-14)3-10-15(21)24/h1-10H,(H2,21,24)(H2,22,23,25,26)/b10-3+. The van der Waals surface area contributed by atoms with Crippen LogP contribution in [-0.2, 0) is 14.4 Å². The SMILES string of the molecule is NC(=O)/C=C/c1ccc(NC2=C(c3ccc(Cl)cc3)C(=O)NC2=O)cc1. The van der Waals surface area contributed by atoms with Gasteiger partial charge in [0, 0.05) is 16.8 Å². The zero-order chi connectivity index (χ0) is 18.7. The van der Waals surface area contributed by atoms with E-state index in [4.69, 9.17) is 17.3 Å². The third-order valence-corrected chi connectivity index (χ3v) is 3.94. The van der Waals surface area contributed by atoms with Gasteiger partial charge in [0.1, 0.15) is 5.70 Å². The summed E-state index contributed by atoms with van der Waals surface area (Å²) < 4.78 is 0. The Kier molecular flexibility index (Phi) is 4.86. The highest BCUT2D eigenvalue weighted by Crippen LogP contribution is 2.26. The number of amides is 3. The lowest BCUT2D eigenvalue weighted by Crippen LogP contribution is -2.24. The number of nitrogens with two attached hydrogens (primary N) is 1. The molecule has 0 atom stereocenters. The molecule has 1 heterocycles. The molecule has 6 nitrogen and oxygen atoms in total. The maximum Gasteiger partial charge on any atom is 0.275 e. The fourth-order valence-corrected chi connectivity index (χ4v) is 2.59. The Hall–Kier alpha value is -3.38. The van der Waals surface area contributed by atoms with Crippen molar-refractivity contribution in [3.8, 4) is 0 Å². The van der Waals surface area contributed by atoms with Crippen molar-refractivity contribution in [2.75, 3.05) is 5.32 Å². The number of nitrogens with one attached hydrogen (secondary N) is 2. The summed E-state index contributed by atoms with van der Waals surface area (Å²) in [5.74, 6) is -1.51. The molecule has 0 saturated carbocycles. The molecular weight excluding hydrogens is 354 g/mol. The number of rotatable bonds is 5. The summed E-state index contributed by atoms with van der Waals surface area (Å²) in [6.07, 6.45) is 2.84. The summed E-state index contributed by atoms with van der Waals surface area (Å²) in [5, 5.41) is 5.79. The molecule has 2 aromatic carbocycles. The maximum atomic E-state index is 12.2. The Morgan fingerprint density at radius 2 is 1.65 bits per heavy atom. The van der Waals surface area contributed by atoms with Crippen LogP contribution in [0.3, 0.4) is 0 Å². The molecular formula is C19H14ClN3O3. The second kappa shape index (κ2) is 7.25. The first-order chi connectivity index (χ1) is 12.4. The first-order valence-electron chi connectivity index (χ1n) is 7.64. The third-order valence-electron chi connectivity index (χ3n) is 3.68. The van der Waals surface area contributed by atoms with E-state index in [1.54, 1.807) is 54.6 Å². The maximum absolute atomic E-state index is 12.2. The second-order valence-electron chi connectivity index (χ2n) is 5.52. The minimum absolute atomic E-state index is 0.165. The first-order valence-corrected chi connectivity index (χ1v) is 8.02. The van der Waals surface area contributed by atoms with E-state index in [0.717, 1.165) is 5.56 Å². The number of carbonyl (C=O) groups excluding carboxylic acids is 3. The smallest absolute Gasteiger partial charge is 0.275 e. The quantitative estimate of drug-likeness (QED) is 0.557. The molecule has 26 heavy (non-hydrogen) atoms. The van der Waals surface area contributed by atoms with E-state index < -0.39 is 17.7 Å².